The lowest BCUT2D eigenvalue weighted by molar-refractivity contribution is -0.144. The number of rotatable bonds is 4. The van der Waals surface area contributed by atoms with E-state index in [-0.39, 0.29) is 17.7 Å². The monoisotopic (exact) mass is 332 g/mol. The number of nitrogens with one attached hydrogen (secondary N) is 1. The number of aromatic nitrogens is 1. The zero-order chi connectivity index (χ0) is 15.6. The predicted molar refractivity (Wildman–Crippen MR) is 80.9 cm³/mol. The Balaban J connectivity index is 2.00. The molecule has 1 saturated carbocycles. The minimum atomic E-state index is -0.779. The first-order chi connectivity index (χ1) is 9.91. The van der Waals surface area contributed by atoms with Crippen molar-refractivity contribution < 1.29 is 14.7 Å². The maximum atomic E-state index is 12.2. The van der Waals surface area contributed by atoms with Crippen molar-refractivity contribution in [2.24, 2.45) is 18.9 Å². The quantitative estimate of drug-likeness (QED) is 0.890. The number of hydrogen-bond acceptors (Lipinski definition) is 2. The van der Waals surface area contributed by atoms with Crippen LogP contribution in [0.25, 0.3) is 0 Å². The molecule has 1 aliphatic rings. The fraction of sp³-hybridized carbons (Fsp3) is 0.571. The largest absolute Gasteiger partial charge is 0.481 e. The molecule has 116 valence electrons. The summed E-state index contributed by atoms with van der Waals surface area (Å²) in [7, 11) is 1.66. The zero-order valence-electron chi connectivity index (χ0n) is 11.7. The van der Waals surface area contributed by atoms with Crippen molar-refractivity contribution in [3.05, 3.63) is 21.9 Å². The molecule has 2 N–H and O–H groups in total. The molecule has 7 heteroatoms. The molecular weight excluding hydrogens is 315 g/mol. The van der Waals surface area contributed by atoms with E-state index in [1.807, 2.05) is 0 Å². The summed E-state index contributed by atoms with van der Waals surface area (Å²) in [5.41, 5.74) is 0.368. The summed E-state index contributed by atoms with van der Waals surface area (Å²) in [5, 5.41) is 12.7. The highest BCUT2D eigenvalue weighted by atomic mass is 35.5. The van der Waals surface area contributed by atoms with Crippen molar-refractivity contribution in [3.8, 4) is 0 Å². The Morgan fingerprint density at radius 3 is 2.62 bits per heavy atom. The van der Waals surface area contributed by atoms with Crippen LogP contribution in [-0.2, 0) is 11.8 Å². The topological polar surface area (TPSA) is 71.3 Å². The highest BCUT2D eigenvalue weighted by Gasteiger charge is 2.31. The Morgan fingerprint density at radius 2 is 2.05 bits per heavy atom. The normalized spacial score (nSPS) is 22.0. The van der Waals surface area contributed by atoms with Crippen molar-refractivity contribution >= 4 is 35.1 Å². The maximum Gasteiger partial charge on any atom is 0.306 e. The van der Waals surface area contributed by atoms with E-state index in [1.54, 1.807) is 7.05 Å². The van der Waals surface area contributed by atoms with Crippen LogP contribution in [0.4, 0.5) is 0 Å². The number of carboxylic acid groups (broad SMARTS) is 1. The SMILES string of the molecule is Cn1c(C(=O)NCC2CCCCC2C(=O)O)cc(Cl)c1Cl. The van der Waals surface area contributed by atoms with Crippen LogP contribution in [0.5, 0.6) is 0 Å². The summed E-state index contributed by atoms with van der Waals surface area (Å²) >= 11 is 11.8. The summed E-state index contributed by atoms with van der Waals surface area (Å²) in [6, 6.07) is 1.51. The van der Waals surface area contributed by atoms with Crippen LogP contribution in [0.3, 0.4) is 0 Å². The number of amides is 1. The number of aliphatic carboxylic acids is 1. The third kappa shape index (κ3) is 3.52. The number of carboxylic acids is 1. The van der Waals surface area contributed by atoms with Crippen LogP contribution in [0.1, 0.15) is 36.2 Å². The molecule has 1 aliphatic carbocycles. The second-order valence-corrected chi connectivity index (χ2v) is 6.19. The first-order valence-corrected chi connectivity index (χ1v) is 7.69. The Hall–Kier alpha value is -1.20. The van der Waals surface area contributed by atoms with Crippen molar-refractivity contribution in [2.45, 2.75) is 25.7 Å². The van der Waals surface area contributed by atoms with Gasteiger partial charge in [-0.1, -0.05) is 36.0 Å². The lowest BCUT2D eigenvalue weighted by Crippen LogP contribution is -2.37. The summed E-state index contributed by atoms with van der Waals surface area (Å²) < 4.78 is 1.51. The van der Waals surface area contributed by atoms with Gasteiger partial charge in [-0.2, -0.15) is 0 Å². The summed E-state index contributed by atoms with van der Waals surface area (Å²) in [4.78, 5) is 23.4. The van der Waals surface area contributed by atoms with Gasteiger partial charge in [0.05, 0.1) is 10.9 Å². The Morgan fingerprint density at radius 1 is 1.38 bits per heavy atom. The minimum absolute atomic E-state index is 0.0218. The summed E-state index contributed by atoms with van der Waals surface area (Å²) in [6.07, 6.45) is 3.44. The average Bonchev–Trinajstić information content (AvgIpc) is 2.72. The molecule has 0 spiro atoms. The van der Waals surface area contributed by atoms with E-state index >= 15 is 0 Å². The van der Waals surface area contributed by atoms with Gasteiger partial charge in [0.25, 0.3) is 5.91 Å². The molecular formula is C14H18Cl2N2O3. The number of halogens is 2. The van der Waals surface area contributed by atoms with Crippen LogP contribution < -0.4 is 5.32 Å². The molecule has 2 atom stereocenters. The molecule has 1 heterocycles. The van der Waals surface area contributed by atoms with E-state index in [2.05, 4.69) is 5.32 Å². The van der Waals surface area contributed by atoms with Crippen LogP contribution in [0, 0.1) is 11.8 Å². The van der Waals surface area contributed by atoms with Gasteiger partial charge < -0.3 is 15.0 Å². The van der Waals surface area contributed by atoms with E-state index in [0.717, 1.165) is 19.3 Å². The molecule has 2 rings (SSSR count). The number of carbonyl (C=O) groups excluding carboxylic acids is 1. The van der Waals surface area contributed by atoms with Crippen molar-refractivity contribution in [1.29, 1.82) is 0 Å². The number of hydrogen-bond donors (Lipinski definition) is 2. The minimum Gasteiger partial charge on any atom is -0.481 e. The number of carbonyl (C=O) groups is 2. The van der Waals surface area contributed by atoms with Gasteiger partial charge in [0.1, 0.15) is 10.8 Å². The van der Waals surface area contributed by atoms with Crippen molar-refractivity contribution in [1.82, 2.24) is 9.88 Å². The van der Waals surface area contributed by atoms with Gasteiger partial charge >= 0.3 is 5.97 Å². The summed E-state index contributed by atoms with van der Waals surface area (Å²) in [6.45, 7) is 0.357. The molecule has 0 aliphatic heterocycles. The first kappa shape index (κ1) is 16.2. The van der Waals surface area contributed by atoms with Gasteiger partial charge in [-0.05, 0) is 24.8 Å². The molecule has 0 bridgehead atoms. The lowest BCUT2D eigenvalue weighted by atomic mass is 9.79. The second kappa shape index (κ2) is 6.71. The van der Waals surface area contributed by atoms with Crippen LogP contribution in [0.2, 0.25) is 10.2 Å². The molecule has 2 unspecified atom stereocenters. The Labute approximate surface area is 133 Å². The highest BCUT2D eigenvalue weighted by Crippen LogP contribution is 2.30. The molecule has 1 aromatic heterocycles. The second-order valence-electron chi connectivity index (χ2n) is 5.43. The fourth-order valence-electron chi connectivity index (χ4n) is 2.85. The molecule has 1 amide bonds. The van der Waals surface area contributed by atoms with Gasteiger partial charge in [-0.15, -0.1) is 0 Å². The smallest absolute Gasteiger partial charge is 0.306 e. The van der Waals surface area contributed by atoms with Gasteiger partial charge in [0.2, 0.25) is 0 Å². The van der Waals surface area contributed by atoms with E-state index in [4.69, 9.17) is 23.2 Å². The third-order valence-electron chi connectivity index (χ3n) is 4.10. The van der Waals surface area contributed by atoms with Crippen molar-refractivity contribution in [2.75, 3.05) is 6.54 Å². The average molecular weight is 333 g/mol. The fourth-order valence-corrected chi connectivity index (χ4v) is 3.23. The Bertz CT molecular complexity index is 557. The van der Waals surface area contributed by atoms with Crippen LogP contribution in [-0.4, -0.2) is 28.1 Å². The van der Waals surface area contributed by atoms with E-state index < -0.39 is 5.97 Å². The molecule has 1 fully saturated rings. The third-order valence-corrected chi connectivity index (χ3v) is 4.94. The summed E-state index contributed by atoms with van der Waals surface area (Å²) in [5.74, 6) is -1.47. The molecule has 0 saturated heterocycles. The molecule has 21 heavy (non-hydrogen) atoms. The van der Waals surface area contributed by atoms with Gasteiger partial charge in [0.15, 0.2) is 0 Å². The van der Waals surface area contributed by atoms with Gasteiger partial charge in [-0.3, -0.25) is 9.59 Å². The Kier molecular flexibility index (Phi) is 5.17. The van der Waals surface area contributed by atoms with Gasteiger partial charge in [-0.25, -0.2) is 0 Å². The molecule has 0 aromatic carbocycles. The zero-order valence-corrected chi connectivity index (χ0v) is 13.2. The van der Waals surface area contributed by atoms with E-state index in [0.29, 0.717) is 28.8 Å². The molecule has 5 nitrogen and oxygen atoms in total. The van der Waals surface area contributed by atoms with E-state index in [1.165, 1.54) is 10.6 Å². The predicted octanol–water partition coefficient (Wildman–Crippen LogP) is 2.95. The van der Waals surface area contributed by atoms with Crippen molar-refractivity contribution in [3.63, 3.8) is 0 Å². The van der Waals surface area contributed by atoms with Crippen LogP contribution in [0.15, 0.2) is 6.07 Å². The highest BCUT2D eigenvalue weighted by molar-refractivity contribution is 6.41. The lowest BCUT2D eigenvalue weighted by Gasteiger charge is -2.28. The molecule has 0 radical (unpaired) electrons. The van der Waals surface area contributed by atoms with Gasteiger partial charge in [0, 0.05) is 13.6 Å². The van der Waals surface area contributed by atoms with Crippen LogP contribution >= 0.6 is 23.2 Å². The standard InChI is InChI=1S/C14H18Cl2N2O3/c1-18-11(6-10(15)12(18)16)13(19)17-7-8-4-2-3-5-9(8)14(20)21/h6,8-9H,2-5,7H2,1H3,(H,17,19)(H,20,21). The van der Waals surface area contributed by atoms with E-state index in [9.17, 15) is 14.7 Å². The first-order valence-electron chi connectivity index (χ1n) is 6.93. The maximum absolute atomic E-state index is 12.2. The molecule has 1 aromatic rings. The number of nitrogens with zero attached hydrogens (tertiary/aromatic N) is 1.